The number of H-pyrrole nitrogens is 1. The van der Waals surface area contributed by atoms with E-state index in [1.807, 2.05) is 0 Å². The summed E-state index contributed by atoms with van der Waals surface area (Å²) in [4.78, 5) is 13.4. The van der Waals surface area contributed by atoms with Gasteiger partial charge in [-0.3, -0.25) is 4.79 Å². The molecule has 0 aliphatic carbocycles. The fourth-order valence-electron chi connectivity index (χ4n) is 0.995. The van der Waals surface area contributed by atoms with Crippen molar-refractivity contribution in [3.63, 3.8) is 0 Å². The van der Waals surface area contributed by atoms with E-state index in [1.54, 1.807) is 0 Å². The zero-order valence-electron chi connectivity index (χ0n) is 6.85. The van der Waals surface area contributed by atoms with E-state index in [0.717, 1.165) is 6.07 Å². The highest BCUT2D eigenvalue weighted by atomic mass is 79.9. The van der Waals surface area contributed by atoms with E-state index < -0.39 is 23.1 Å². The Morgan fingerprint density at radius 2 is 2.29 bits per heavy atom. The molecule has 6 heteroatoms. The maximum Gasteiger partial charge on any atom is 0.266 e. The van der Waals surface area contributed by atoms with Crippen LogP contribution in [0.3, 0.4) is 0 Å². The summed E-state index contributed by atoms with van der Waals surface area (Å²) >= 11 is 3.02. The molecule has 3 nitrogen and oxygen atoms in total. The summed E-state index contributed by atoms with van der Waals surface area (Å²) in [5, 5.41) is 8.75. The van der Waals surface area contributed by atoms with Crippen LogP contribution < -0.4 is 5.56 Å². The first kappa shape index (κ1) is 10.9. The number of pyridine rings is 1. The Balaban J connectivity index is 3.46. The maximum absolute atomic E-state index is 12.4. The van der Waals surface area contributed by atoms with Crippen molar-refractivity contribution in [2.45, 2.75) is 11.8 Å². The Kier molecular flexibility index (Phi) is 3.36. The van der Waals surface area contributed by atoms with Crippen molar-refractivity contribution < 1.29 is 8.78 Å². The Labute approximate surface area is 86.5 Å². The second-order valence-corrected chi connectivity index (χ2v) is 3.06. The molecule has 0 aromatic carbocycles. The number of hydrogen-bond donors (Lipinski definition) is 1. The van der Waals surface area contributed by atoms with Gasteiger partial charge in [0.15, 0.2) is 0 Å². The second-order valence-electron chi connectivity index (χ2n) is 2.50. The summed E-state index contributed by atoms with van der Waals surface area (Å²) in [5.74, 6) is 0. The Bertz CT molecular complexity index is 436. The average molecular weight is 263 g/mol. The molecule has 0 aliphatic heterocycles. The highest BCUT2D eigenvalue weighted by Crippen LogP contribution is 2.21. The SMILES string of the molecule is N#Cc1c(C(F)F)cc(CBr)[nH]c1=O. The van der Waals surface area contributed by atoms with Gasteiger partial charge >= 0.3 is 0 Å². The number of aromatic amines is 1. The summed E-state index contributed by atoms with van der Waals surface area (Å²) in [6.45, 7) is 0. The first-order valence-corrected chi connectivity index (χ1v) is 4.72. The van der Waals surface area contributed by atoms with Crippen molar-refractivity contribution in [1.29, 1.82) is 5.26 Å². The number of hydrogen-bond acceptors (Lipinski definition) is 2. The van der Waals surface area contributed by atoms with Crippen LogP contribution in [0.25, 0.3) is 0 Å². The van der Waals surface area contributed by atoms with Gasteiger partial charge in [-0.25, -0.2) is 8.78 Å². The smallest absolute Gasteiger partial charge is 0.266 e. The summed E-state index contributed by atoms with van der Waals surface area (Å²) in [6.07, 6.45) is -2.82. The van der Waals surface area contributed by atoms with Crippen molar-refractivity contribution in [3.8, 4) is 6.07 Å². The molecule has 74 valence electrons. The van der Waals surface area contributed by atoms with Gasteiger partial charge in [-0.2, -0.15) is 5.26 Å². The van der Waals surface area contributed by atoms with Crippen LogP contribution in [0.5, 0.6) is 0 Å². The summed E-state index contributed by atoms with van der Waals surface area (Å²) in [6, 6.07) is 2.57. The van der Waals surface area contributed by atoms with Crippen LogP contribution in [0.2, 0.25) is 0 Å². The van der Waals surface area contributed by atoms with E-state index in [0.29, 0.717) is 5.69 Å². The van der Waals surface area contributed by atoms with Crippen molar-refractivity contribution in [2.75, 3.05) is 0 Å². The number of alkyl halides is 3. The number of nitrogens with one attached hydrogen (secondary N) is 1. The van der Waals surface area contributed by atoms with Gasteiger partial charge < -0.3 is 4.98 Å². The lowest BCUT2D eigenvalue weighted by Gasteiger charge is -2.03. The van der Waals surface area contributed by atoms with Gasteiger partial charge in [-0.1, -0.05) is 15.9 Å². The maximum atomic E-state index is 12.4. The summed E-state index contributed by atoms with van der Waals surface area (Å²) in [7, 11) is 0. The minimum Gasteiger partial charge on any atom is -0.324 e. The fraction of sp³-hybridized carbons (Fsp3) is 0.250. The van der Waals surface area contributed by atoms with Gasteiger partial charge in [0.05, 0.1) is 0 Å². The van der Waals surface area contributed by atoms with Gasteiger partial charge in [0.1, 0.15) is 11.6 Å². The number of aromatic nitrogens is 1. The molecule has 1 aromatic heterocycles. The molecule has 0 radical (unpaired) electrons. The van der Waals surface area contributed by atoms with Gasteiger partial charge in [-0.15, -0.1) is 0 Å². The van der Waals surface area contributed by atoms with Crippen LogP contribution in [-0.2, 0) is 5.33 Å². The van der Waals surface area contributed by atoms with Crippen LogP contribution in [0.4, 0.5) is 8.78 Å². The molecule has 0 unspecified atom stereocenters. The Morgan fingerprint density at radius 3 is 2.71 bits per heavy atom. The van der Waals surface area contributed by atoms with E-state index in [4.69, 9.17) is 5.26 Å². The molecule has 1 aromatic rings. The van der Waals surface area contributed by atoms with Crippen LogP contribution in [0.1, 0.15) is 23.2 Å². The van der Waals surface area contributed by atoms with E-state index in [9.17, 15) is 13.6 Å². The standard InChI is InChI=1S/C8H5BrF2N2O/c9-2-4-1-5(7(10)11)6(3-12)8(14)13-4/h1,7H,2H2,(H,13,14). The van der Waals surface area contributed by atoms with Crippen molar-refractivity contribution in [1.82, 2.24) is 4.98 Å². The van der Waals surface area contributed by atoms with E-state index >= 15 is 0 Å². The molecule has 0 spiro atoms. The van der Waals surface area contributed by atoms with Crippen LogP contribution >= 0.6 is 15.9 Å². The molecule has 0 bridgehead atoms. The molecule has 1 rings (SSSR count). The molecule has 0 aliphatic rings. The van der Waals surface area contributed by atoms with Crippen molar-refractivity contribution in [2.24, 2.45) is 0 Å². The molecule has 0 atom stereocenters. The lowest BCUT2D eigenvalue weighted by atomic mass is 10.1. The van der Waals surface area contributed by atoms with E-state index in [-0.39, 0.29) is 5.33 Å². The van der Waals surface area contributed by atoms with Crippen molar-refractivity contribution in [3.05, 3.63) is 33.2 Å². The topological polar surface area (TPSA) is 56.6 Å². The molecular weight excluding hydrogens is 258 g/mol. The molecule has 1 heterocycles. The molecule has 0 saturated heterocycles. The monoisotopic (exact) mass is 262 g/mol. The number of rotatable bonds is 2. The highest BCUT2D eigenvalue weighted by molar-refractivity contribution is 9.08. The third-order valence-corrected chi connectivity index (χ3v) is 2.21. The largest absolute Gasteiger partial charge is 0.324 e. The zero-order chi connectivity index (χ0) is 10.7. The molecule has 14 heavy (non-hydrogen) atoms. The number of nitriles is 1. The lowest BCUT2D eigenvalue weighted by Crippen LogP contribution is -2.15. The van der Waals surface area contributed by atoms with Gasteiger partial charge in [-0.05, 0) is 6.07 Å². The van der Waals surface area contributed by atoms with Crippen molar-refractivity contribution >= 4 is 15.9 Å². The first-order valence-electron chi connectivity index (χ1n) is 3.60. The van der Waals surface area contributed by atoms with Crippen LogP contribution in [0.15, 0.2) is 10.9 Å². The number of halogens is 3. The molecule has 0 fully saturated rings. The first-order chi connectivity index (χ1) is 6.60. The molecule has 0 saturated carbocycles. The predicted octanol–water partition coefficient (Wildman–Crippen LogP) is 2.08. The minimum atomic E-state index is -2.82. The average Bonchev–Trinajstić information content (AvgIpc) is 2.16. The Morgan fingerprint density at radius 1 is 1.64 bits per heavy atom. The summed E-state index contributed by atoms with van der Waals surface area (Å²) < 4.78 is 24.8. The van der Waals surface area contributed by atoms with Gasteiger partial charge in [0.2, 0.25) is 0 Å². The fourth-order valence-corrected chi connectivity index (χ4v) is 1.30. The second kappa shape index (κ2) is 4.33. The quantitative estimate of drug-likeness (QED) is 0.830. The third kappa shape index (κ3) is 1.99. The zero-order valence-corrected chi connectivity index (χ0v) is 8.44. The minimum absolute atomic E-state index is 0.258. The number of nitrogens with zero attached hydrogens (tertiary/aromatic N) is 1. The van der Waals surface area contributed by atoms with Crippen LogP contribution in [0, 0.1) is 11.3 Å². The highest BCUT2D eigenvalue weighted by Gasteiger charge is 2.16. The molecular formula is C8H5BrF2N2O. The Hall–Kier alpha value is -1.22. The van der Waals surface area contributed by atoms with Gasteiger partial charge in [0, 0.05) is 16.6 Å². The predicted molar refractivity (Wildman–Crippen MR) is 49.4 cm³/mol. The van der Waals surface area contributed by atoms with E-state index in [2.05, 4.69) is 20.9 Å². The normalized spacial score (nSPS) is 10.2. The van der Waals surface area contributed by atoms with Crippen LogP contribution in [-0.4, -0.2) is 4.98 Å². The van der Waals surface area contributed by atoms with E-state index in [1.165, 1.54) is 6.07 Å². The molecule has 1 N–H and O–H groups in total. The summed E-state index contributed by atoms with van der Waals surface area (Å²) in [5.41, 5.74) is -1.50. The third-order valence-electron chi connectivity index (χ3n) is 1.61. The lowest BCUT2D eigenvalue weighted by molar-refractivity contribution is 0.150. The van der Waals surface area contributed by atoms with Gasteiger partial charge in [0.25, 0.3) is 12.0 Å². The molecule has 0 amide bonds.